The molecule has 0 aliphatic carbocycles. The molecule has 8 aromatic rings. The van der Waals surface area contributed by atoms with E-state index in [-0.39, 0.29) is 125 Å². The van der Waals surface area contributed by atoms with Gasteiger partial charge in [0.25, 0.3) is 5.91 Å². The zero-order valence-corrected chi connectivity index (χ0v) is 82.2. The first-order valence-electron chi connectivity index (χ1n) is 39.0. The molecule has 0 aliphatic heterocycles. The highest BCUT2D eigenvalue weighted by Gasteiger charge is 2.25. The lowest BCUT2D eigenvalue weighted by Gasteiger charge is -2.20. The molecule has 0 radical (unpaired) electrons. The van der Waals surface area contributed by atoms with E-state index in [4.69, 9.17) is 44.3 Å². The van der Waals surface area contributed by atoms with Crippen molar-refractivity contribution >= 4 is 125 Å². The first-order valence-corrected chi connectivity index (χ1v) is 53.3. The minimum Gasteiger partial charge on any atom is -0.497 e. The molecular weight excluding hydrogens is 1770 g/mol. The van der Waals surface area contributed by atoms with Crippen molar-refractivity contribution in [1.82, 2.24) is 5.32 Å². The van der Waals surface area contributed by atoms with Gasteiger partial charge in [-0.25, -0.2) is 67.3 Å². The van der Waals surface area contributed by atoms with Gasteiger partial charge in [0.1, 0.15) is 11.5 Å². The third-order valence-electron chi connectivity index (χ3n) is 15.4. The van der Waals surface area contributed by atoms with Gasteiger partial charge in [-0.2, -0.15) is 0 Å². The van der Waals surface area contributed by atoms with Gasteiger partial charge in [0.15, 0.2) is 84.5 Å². The number of hydrogen-bond acceptors (Lipinski definition) is 20. The fourth-order valence-corrected chi connectivity index (χ4v) is 24.7. The van der Waals surface area contributed by atoms with Crippen molar-refractivity contribution in [2.24, 2.45) is 47.3 Å². The van der Waals surface area contributed by atoms with Crippen LogP contribution in [-0.4, -0.2) is 145 Å². The lowest BCUT2D eigenvalue weighted by molar-refractivity contribution is 0.0918. The molecule has 0 bridgehead atoms. The largest absolute Gasteiger partial charge is 0.497 e. The third kappa shape index (κ3) is 44.4. The van der Waals surface area contributed by atoms with Gasteiger partial charge in [0, 0.05) is 26.7 Å². The van der Waals surface area contributed by atoms with Crippen molar-refractivity contribution in [1.29, 1.82) is 0 Å². The highest BCUT2D eigenvalue weighted by molar-refractivity contribution is 7.93. The highest BCUT2D eigenvalue weighted by atomic mass is 35.5. The van der Waals surface area contributed by atoms with Gasteiger partial charge in [0.2, 0.25) is 0 Å². The summed E-state index contributed by atoms with van der Waals surface area (Å²) in [5.74, 6) is 3.10. The van der Waals surface area contributed by atoms with E-state index in [1.807, 2.05) is 138 Å². The predicted molar refractivity (Wildman–Crippen MR) is 492 cm³/mol. The van der Waals surface area contributed by atoms with Crippen molar-refractivity contribution in [2.45, 2.75) is 183 Å². The van der Waals surface area contributed by atoms with Crippen molar-refractivity contribution < 1.29 is 86.4 Å². The topological polar surface area (TPSA) is 338 Å². The van der Waals surface area contributed by atoms with Gasteiger partial charge in [-0.05, 0) is 215 Å². The third-order valence-corrected chi connectivity index (χ3v) is 33.1. The molecule has 32 heteroatoms. The van der Waals surface area contributed by atoms with Crippen molar-refractivity contribution in [3.05, 3.63) is 226 Å². The summed E-state index contributed by atoms with van der Waals surface area (Å²) in [5, 5.41) is 4.12. The van der Waals surface area contributed by atoms with E-state index in [9.17, 15) is 76.9 Å². The Morgan fingerprint density at radius 1 is 0.298 bits per heavy atom. The molecule has 0 atom stereocenters. The second-order valence-electron chi connectivity index (χ2n) is 32.7. The number of amides is 1. The zero-order chi connectivity index (χ0) is 93.0. The monoisotopic (exact) mass is 1890 g/mol. The van der Waals surface area contributed by atoms with Gasteiger partial charge in [-0.3, -0.25) is 9.59 Å². The Morgan fingerprint density at radius 2 is 0.587 bits per heavy atom. The van der Waals surface area contributed by atoms with E-state index in [0.29, 0.717) is 62.2 Å². The summed E-state index contributed by atoms with van der Waals surface area (Å²) in [5.41, 5.74) is 0.539. The number of rotatable bonds is 28. The molecule has 0 fully saturated rings. The first kappa shape index (κ1) is 112. The Kier molecular flexibility index (Phi) is 47.6. The number of carbonyl (C=O) groups is 2. The Hall–Kier alpha value is -7.03. The van der Waals surface area contributed by atoms with Crippen molar-refractivity contribution in [2.75, 3.05) is 60.2 Å². The molecule has 1 amide bonds. The Morgan fingerprint density at radius 3 is 0.926 bits per heavy atom. The van der Waals surface area contributed by atoms with Crippen LogP contribution in [0.4, 0.5) is 0 Å². The van der Waals surface area contributed by atoms with Crippen LogP contribution in [0.25, 0.3) is 0 Å². The van der Waals surface area contributed by atoms with Crippen LogP contribution in [0.5, 0.6) is 11.5 Å². The van der Waals surface area contributed by atoms with Crippen molar-refractivity contribution in [3.63, 3.8) is 0 Å². The number of sulfone groups is 8. The Balaban J connectivity index is 0.000000694. The standard InChI is InChI=1S/C15H23NO3S.C12H16O3S.2C11H16O3S.3C10H13ClO2S.C10H14O2S/c1-11(2)10-20(18,19)13-8-6-7-12(9-13)14(17)16-15(3,4)5;1-9(2)8-16(14,15)12-6-4-11(5-7-12)10(3)13;1-9(2)8-15(12,13)11-6-4-10(14-3)5-7-11;1-9(2)8-15(12,13)11-6-4-5-10(7-11)14-3;1-8(2)7-14(12,13)10-5-3-9(11)4-6-10;1-8(2)7-14(12,13)10-5-3-4-9(11)6-10;1-8(2)7-14(12,13)10-6-4-3-5-9(10)11;1-9(2)8-13(11,12)10-6-4-3-5-7-10/h6-9,11H,10H2,1-5H3,(H,16,17);4-7,9H,8H2,1-3H3;2*4-7,9H,8H2,1-3H3;3*3-6,8H,7H2,1-2H3;3-7,9H,8H2,1-2H3. The van der Waals surface area contributed by atoms with Crippen LogP contribution in [0, 0.1) is 47.3 Å². The van der Waals surface area contributed by atoms with Crippen LogP contribution in [-0.2, 0) is 78.7 Å². The molecule has 0 unspecified atom stereocenters. The summed E-state index contributed by atoms with van der Waals surface area (Å²) in [4.78, 5) is 25.6. The van der Waals surface area contributed by atoms with E-state index in [1.165, 1.54) is 44.4 Å². The molecule has 8 rings (SSSR count). The second kappa shape index (κ2) is 51.4. The molecule has 0 spiro atoms. The summed E-state index contributed by atoms with van der Waals surface area (Å²) in [7, 11) is -22.4. The zero-order valence-electron chi connectivity index (χ0n) is 73.4. The van der Waals surface area contributed by atoms with Gasteiger partial charge < -0.3 is 14.8 Å². The first-order chi connectivity index (χ1) is 55.5. The normalized spacial score (nSPS) is 12.0. The maximum Gasteiger partial charge on any atom is 0.251 e. The summed E-state index contributed by atoms with van der Waals surface area (Å²) >= 11 is 17.2. The molecule has 121 heavy (non-hydrogen) atoms. The number of carbonyl (C=O) groups excluding carboxylic acids is 2. The molecule has 0 heterocycles. The Bertz CT molecular complexity index is 5510. The van der Waals surface area contributed by atoms with Crippen LogP contribution >= 0.6 is 34.8 Å². The smallest absolute Gasteiger partial charge is 0.251 e. The fourth-order valence-electron chi connectivity index (χ4n) is 10.6. The maximum absolute atomic E-state index is 12.2. The number of ketones is 1. The van der Waals surface area contributed by atoms with Crippen LogP contribution in [0.1, 0.15) is 159 Å². The molecular formula is C89H124Cl3NO20S8. The minimum absolute atomic E-state index is 0.0482. The summed E-state index contributed by atoms with van der Waals surface area (Å²) in [6.45, 7) is 37.1. The van der Waals surface area contributed by atoms with Gasteiger partial charge >= 0.3 is 0 Å². The van der Waals surface area contributed by atoms with E-state index in [1.54, 1.807) is 171 Å². The molecule has 8 aromatic carbocycles. The van der Waals surface area contributed by atoms with Crippen LogP contribution in [0.2, 0.25) is 15.1 Å². The van der Waals surface area contributed by atoms with Crippen LogP contribution in [0.15, 0.2) is 239 Å². The number of hydrogen-bond donors (Lipinski definition) is 1. The number of methoxy groups -OCH3 is 2. The molecule has 0 saturated carbocycles. The van der Waals surface area contributed by atoms with E-state index in [2.05, 4.69) is 5.32 Å². The SMILES string of the molecule is CC(=O)c1ccc(S(=O)(=O)CC(C)C)cc1.CC(C)CS(=O)(=O)c1ccc(Cl)cc1.CC(C)CS(=O)(=O)c1cccc(C(=O)NC(C)(C)C)c1.CC(C)CS(=O)(=O)c1cccc(Cl)c1.CC(C)CS(=O)(=O)c1ccccc1.CC(C)CS(=O)(=O)c1ccccc1Cl.COc1ccc(S(=O)(=O)CC(C)C)cc1.COc1cccc(S(=O)(=O)CC(C)C)c1. The van der Waals surface area contributed by atoms with Gasteiger partial charge in [0.05, 0.1) is 104 Å². The summed E-state index contributed by atoms with van der Waals surface area (Å²) in [6, 6.07) is 53.1. The van der Waals surface area contributed by atoms with Crippen molar-refractivity contribution in [3.8, 4) is 11.5 Å². The predicted octanol–water partition coefficient (Wildman–Crippen LogP) is 19.6. The van der Waals surface area contributed by atoms with Crippen LogP contribution < -0.4 is 14.8 Å². The number of nitrogens with one attached hydrogen (secondary N) is 1. The van der Waals surface area contributed by atoms with E-state index in [0.717, 1.165) is 0 Å². The van der Waals surface area contributed by atoms with E-state index >= 15 is 0 Å². The lowest BCUT2D eigenvalue weighted by atomic mass is 10.1. The maximum atomic E-state index is 12.2. The van der Waals surface area contributed by atoms with Gasteiger partial charge in [-0.15, -0.1) is 0 Å². The molecule has 0 aliphatic rings. The molecule has 0 saturated heterocycles. The van der Waals surface area contributed by atoms with Gasteiger partial charge in [-0.1, -0.05) is 206 Å². The van der Waals surface area contributed by atoms with Crippen LogP contribution in [0.3, 0.4) is 0 Å². The second-order valence-corrected chi connectivity index (χ2v) is 50.2. The number of halogens is 3. The number of Topliss-reactive ketones (excluding diaryl/α,β-unsaturated/α-hetero) is 1. The highest BCUT2D eigenvalue weighted by Crippen LogP contribution is 2.27. The average Bonchev–Trinajstić information content (AvgIpc) is 0.796. The lowest BCUT2D eigenvalue weighted by Crippen LogP contribution is -2.40. The number of benzene rings is 8. The summed E-state index contributed by atoms with van der Waals surface area (Å²) < 4.78 is 199. The van der Waals surface area contributed by atoms with E-state index < -0.39 is 78.7 Å². The number of ether oxygens (including phenoxy) is 2. The molecule has 21 nitrogen and oxygen atoms in total. The minimum atomic E-state index is -3.34. The average molecular weight is 1890 g/mol. The quantitative estimate of drug-likeness (QED) is 0.0445. The summed E-state index contributed by atoms with van der Waals surface area (Å²) in [6.07, 6.45) is 0. The fraction of sp³-hybridized carbons (Fsp3) is 0.438. The Labute approximate surface area is 739 Å². The molecule has 1 N–H and O–H groups in total. The molecule has 674 valence electrons. The molecule has 0 aromatic heterocycles.